The SMILES string of the molecule is C.CC.CCC1c2ccccc2CN1C(=O)OC.[O-][N+]12CCC(CC1)CC2. The predicted octanol–water partition coefficient (Wildman–Crippen LogP) is 5.50. The number of rotatable bonds is 1. The fraction of sp³-hybridized carbons (Fsp3) is 0.682. The van der Waals surface area contributed by atoms with Crippen LogP contribution < -0.4 is 0 Å². The van der Waals surface area contributed by atoms with Gasteiger partial charge in [0.2, 0.25) is 0 Å². The fourth-order valence-corrected chi connectivity index (χ4v) is 4.24. The first-order valence-electron chi connectivity index (χ1n) is 10.1. The Kier molecular flexibility index (Phi) is 9.27. The van der Waals surface area contributed by atoms with Gasteiger partial charge in [-0.2, -0.15) is 0 Å². The summed E-state index contributed by atoms with van der Waals surface area (Å²) in [5.74, 6) is 0.916. The maximum atomic E-state index is 11.6. The van der Waals surface area contributed by atoms with Crippen molar-refractivity contribution < 1.29 is 14.2 Å². The van der Waals surface area contributed by atoms with Crippen molar-refractivity contribution in [2.24, 2.45) is 5.92 Å². The standard InChI is InChI=1S/C12H15NO2.C7H13NO.C2H6.CH4/c1-3-11-10-7-5-4-6-9(10)8-13(11)12(14)15-2;9-8-4-1-7(2-5-8)3-6-8;1-2;/h4-7,11H,3,8H2,1-2H3;7H,1-6H2;1-2H3;1H4. The van der Waals surface area contributed by atoms with Crippen LogP contribution in [0.2, 0.25) is 0 Å². The van der Waals surface area contributed by atoms with Crippen LogP contribution in [0.3, 0.4) is 0 Å². The van der Waals surface area contributed by atoms with Crippen molar-refractivity contribution >= 4 is 6.09 Å². The molecule has 1 aromatic carbocycles. The number of benzene rings is 1. The van der Waals surface area contributed by atoms with Gasteiger partial charge in [-0.3, -0.25) is 4.90 Å². The van der Waals surface area contributed by atoms with E-state index in [1.54, 1.807) is 4.90 Å². The second kappa shape index (κ2) is 10.7. The summed E-state index contributed by atoms with van der Waals surface area (Å²) < 4.78 is 4.92. The van der Waals surface area contributed by atoms with Gasteiger partial charge in [0.05, 0.1) is 32.8 Å². The highest BCUT2D eigenvalue weighted by atomic mass is 16.5. The zero-order valence-corrected chi connectivity index (χ0v) is 16.7. The van der Waals surface area contributed by atoms with E-state index in [0.717, 1.165) is 32.0 Å². The molecule has 0 aliphatic carbocycles. The van der Waals surface area contributed by atoms with Crippen LogP contribution in [-0.4, -0.2) is 42.4 Å². The Balaban J connectivity index is 0.000000260. The minimum absolute atomic E-state index is 0. The Morgan fingerprint density at radius 3 is 2.19 bits per heavy atom. The first kappa shape index (κ1) is 23.4. The van der Waals surface area contributed by atoms with E-state index in [1.807, 2.05) is 26.0 Å². The Morgan fingerprint density at radius 1 is 1.19 bits per heavy atom. The minimum atomic E-state index is -0.238. The van der Waals surface area contributed by atoms with Crippen LogP contribution in [0.25, 0.3) is 0 Å². The first-order valence-corrected chi connectivity index (χ1v) is 10.1. The summed E-state index contributed by atoms with van der Waals surface area (Å²) in [5.41, 5.74) is 2.49. The van der Waals surface area contributed by atoms with Crippen LogP contribution in [0.15, 0.2) is 24.3 Å². The van der Waals surface area contributed by atoms with E-state index in [1.165, 1.54) is 37.5 Å². The second-order valence-corrected chi connectivity index (χ2v) is 7.18. The Bertz CT molecular complexity index is 569. The number of piperidine rings is 3. The maximum absolute atomic E-state index is 11.6. The molecule has 1 amide bonds. The van der Waals surface area contributed by atoms with Crippen LogP contribution in [0, 0.1) is 11.1 Å². The molecular weight excluding hydrogens is 340 g/mol. The van der Waals surface area contributed by atoms with Crippen LogP contribution >= 0.6 is 0 Å². The summed E-state index contributed by atoms with van der Waals surface area (Å²) in [7, 11) is 1.43. The van der Waals surface area contributed by atoms with Gasteiger partial charge in [-0.05, 0) is 23.5 Å². The monoisotopic (exact) mass is 378 g/mol. The molecule has 4 aliphatic rings. The molecule has 3 saturated heterocycles. The quantitative estimate of drug-likeness (QED) is 0.479. The van der Waals surface area contributed by atoms with E-state index in [0.29, 0.717) is 6.54 Å². The van der Waals surface area contributed by atoms with Gasteiger partial charge in [-0.15, -0.1) is 0 Å². The topological polar surface area (TPSA) is 52.6 Å². The van der Waals surface area contributed by atoms with Crippen molar-refractivity contribution in [1.29, 1.82) is 0 Å². The number of quaternary nitrogens is 1. The molecule has 0 saturated carbocycles. The second-order valence-electron chi connectivity index (χ2n) is 7.18. The fourth-order valence-electron chi connectivity index (χ4n) is 4.24. The minimum Gasteiger partial charge on any atom is -0.633 e. The van der Waals surface area contributed by atoms with Crippen molar-refractivity contribution in [1.82, 2.24) is 4.90 Å². The molecular formula is C22H38N2O3. The molecule has 0 spiro atoms. The number of fused-ring (bicyclic) bond motifs is 4. The number of carbonyl (C=O) groups excluding carboxylic acids is 1. The molecule has 2 bridgehead atoms. The van der Waals surface area contributed by atoms with Gasteiger partial charge in [0, 0.05) is 25.8 Å². The highest BCUT2D eigenvalue weighted by Crippen LogP contribution is 2.35. The molecule has 154 valence electrons. The molecule has 0 N–H and O–H groups in total. The lowest BCUT2D eigenvalue weighted by atomic mass is 9.88. The van der Waals surface area contributed by atoms with E-state index in [-0.39, 0.29) is 24.2 Å². The van der Waals surface area contributed by atoms with E-state index in [2.05, 4.69) is 19.1 Å². The molecule has 5 rings (SSSR count). The average molecular weight is 379 g/mol. The summed E-state index contributed by atoms with van der Waals surface area (Å²) in [5, 5.41) is 11.5. The number of hydrogen-bond donors (Lipinski definition) is 0. The third-order valence-electron chi connectivity index (χ3n) is 5.76. The Morgan fingerprint density at radius 2 is 1.74 bits per heavy atom. The van der Waals surface area contributed by atoms with Crippen LogP contribution in [0.4, 0.5) is 4.79 Å². The summed E-state index contributed by atoms with van der Waals surface area (Å²) >= 11 is 0. The van der Waals surface area contributed by atoms with Crippen molar-refractivity contribution in [3.63, 3.8) is 0 Å². The smallest absolute Gasteiger partial charge is 0.410 e. The van der Waals surface area contributed by atoms with Gasteiger partial charge in [-0.25, -0.2) is 4.79 Å². The molecule has 3 fully saturated rings. The van der Waals surface area contributed by atoms with E-state index in [9.17, 15) is 10.0 Å². The van der Waals surface area contributed by atoms with E-state index < -0.39 is 0 Å². The summed E-state index contributed by atoms with van der Waals surface area (Å²) in [4.78, 5) is 13.3. The lowest BCUT2D eigenvalue weighted by Crippen LogP contribution is -2.53. The molecule has 1 aromatic rings. The molecule has 27 heavy (non-hydrogen) atoms. The molecule has 1 unspecified atom stereocenters. The largest absolute Gasteiger partial charge is 0.633 e. The van der Waals surface area contributed by atoms with E-state index in [4.69, 9.17) is 4.74 Å². The predicted molar refractivity (Wildman–Crippen MR) is 111 cm³/mol. The third kappa shape index (κ3) is 5.45. The van der Waals surface area contributed by atoms with Gasteiger partial charge in [0.15, 0.2) is 0 Å². The Labute approximate surface area is 165 Å². The van der Waals surface area contributed by atoms with Gasteiger partial charge in [0.25, 0.3) is 0 Å². The molecule has 0 aromatic heterocycles. The molecule has 1 atom stereocenters. The molecule has 4 aliphatic heterocycles. The third-order valence-corrected chi connectivity index (χ3v) is 5.76. The van der Waals surface area contributed by atoms with Gasteiger partial charge in [0.1, 0.15) is 0 Å². The lowest BCUT2D eigenvalue weighted by Gasteiger charge is -2.52. The highest BCUT2D eigenvalue weighted by Gasteiger charge is 2.33. The van der Waals surface area contributed by atoms with Crippen LogP contribution in [-0.2, 0) is 11.3 Å². The number of carbonyl (C=O) groups is 1. The van der Waals surface area contributed by atoms with E-state index >= 15 is 0 Å². The molecule has 5 nitrogen and oxygen atoms in total. The molecule has 5 heteroatoms. The number of amides is 1. The lowest BCUT2D eigenvalue weighted by molar-refractivity contribution is -0.896. The summed E-state index contributed by atoms with van der Waals surface area (Å²) in [6.45, 7) is 9.48. The summed E-state index contributed by atoms with van der Waals surface area (Å²) in [6, 6.07) is 8.36. The number of nitrogens with zero attached hydrogens (tertiary/aromatic N) is 2. The van der Waals surface area contributed by atoms with Crippen molar-refractivity contribution in [3.05, 3.63) is 40.6 Å². The van der Waals surface area contributed by atoms with Crippen molar-refractivity contribution in [2.45, 2.75) is 66.5 Å². The first-order chi connectivity index (χ1) is 12.6. The van der Waals surface area contributed by atoms with Gasteiger partial charge < -0.3 is 14.6 Å². The zero-order valence-electron chi connectivity index (χ0n) is 16.7. The normalized spacial score (nSPS) is 27.2. The number of methoxy groups -OCH3 is 1. The van der Waals surface area contributed by atoms with Crippen LogP contribution in [0.5, 0.6) is 0 Å². The van der Waals surface area contributed by atoms with Crippen molar-refractivity contribution in [2.75, 3.05) is 26.7 Å². The highest BCUT2D eigenvalue weighted by molar-refractivity contribution is 5.69. The van der Waals surface area contributed by atoms with Crippen LogP contribution in [0.1, 0.15) is 71.0 Å². The summed E-state index contributed by atoms with van der Waals surface area (Å²) in [6.07, 6.45) is 4.28. The zero-order chi connectivity index (χ0) is 19.2. The average Bonchev–Trinajstić information content (AvgIpc) is 3.09. The van der Waals surface area contributed by atoms with Gasteiger partial charge >= 0.3 is 6.09 Å². The number of hydrogen-bond acceptors (Lipinski definition) is 3. The Hall–Kier alpha value is -1.59. The number of ether oxygens (including phenoxy) is 1. The van der Waals surface area contributed by atoms with Gasteiger partial charge in [-0.1, -0.05) is 52.5 Å². The molecule has 4 heterocycles. The number of hydroxylamine groups is 3. The molecule has 0 radical (unpaired) electrons. The maximum Gasteiger partial charge on any atom is 0.410 e. The van der Waals surface area contributed by atoms with Crippen molar-refractivity contribution in [3.8, 4) is 0 Å².